The largest absolute Gasteiger partial charge is 0.371 e. The summed E-state index contributed by atoms with van der Waals surface area (Å²) in [5, 5.41) is 6.47. The summed E-state index contributed by atoms with van der Waals surface area (Å²) in [6.07, 6.45) is 21.5. The fraction of sp³-hybridized carbons (Fsp3) is 0.643. The molecule has 1 saturated carbocycles. The van der Waals surface area contributed by atoms with Gasteiger partial charge in [-0.25, -0.2) is 0 Å². The Labute approximate surface area is 315 Å². The Morgan fingerprint density at radius 3 is 2.38 bits per heavy atom. The van der Waals surface area contributed by atoms with Crippen LogP contribution in [0, 0.1) is 17.3 Å². The van der Waals surface area contributed by atoms with Gasteiger partial charge in [0, 0.05) is 93.6 Å². The van der Waals surface area contributed by atoms with Crippen molar-refractivity contribution in [1.82, 2.24) is 25.3 Å². The van der Waals surface area contributed by atoms with Crippen LogP contribution in [0.2, 0.25) is 0 Å². The van der Waals surface area contributed by atoms with Gasteiger partial charge in [0.1, 0.15) is 18.6 Å². The number of carbonyl (C=O) groups is 5. The minimum Gasteiger partial charge on any atom is -0.371 e. The van der Waals surface area contributed by atoms with Gasteiger partial charge in [-0.2, -0.15) is 0 Å². The Hall–Kier alpha value is -3.83. The zero-order valence-corrected chi connectivity index (χ0v) is 31.8. The van der Waals surface area contributed by atoms with E-state index in [9.17, 15) is 24.0 Å². The number of hydrogen-bond acceptors (Lipinski definition) is 9. The molecule has 0 aromatic heterocycles. The minimum atomic E-state index is -0.807. The van der Waals surface area contributed by atoms with Crippen molar-refractivity contribution in [2.24, 2.45) is 17.3 Å². The Kier molecular flexibility index (Phi) is 13.2. The van der Waals surface area contributed by atoms with Crippen LogP contribution in [-0.2, 0) is 14.4 Å². The van der Waals surface area contributed by atoms with Gasteiger partial charge in [0.25, 0.3) is 5.91 Å². The molecule has 3 aliphatic heterocycles. The Morgan fingerprint density at radius 1 is 0.981 bits per heavy atom. The number of likely N-dealkylation sites (N-methyl/N-ethyl adjacent to an activating group) is 2. The number of benzene rings is 1. The highest BCUT2D eigenvalue weighted by atomic mass is 16.2. The first-order chi connectivity index (χ1) is 25.7. The molecule has 2 aliphatic carbocycles. The molecule has 3 atom stereocenters. The first kappa shape index (κ1) is 38.9. The van der Waals surface area contributed by atoms with Crippen LogP contribution in [0.3, 0.4) is 0 Å². The van der Waals surface area contributed by atoms with Gasteiger partial charge in [-0.05, 0) is 101 Å². The molecular formula is C42H60N6O5. The zero-order valence-electron chi connectivity index (χ0n) is 31.8. The van der Waals surface area contributed by atoms with Gasteiger partial charge in [0.05, 0.1) is 5.56 Å². The molecule has 53 heavy (non-hydrogen) atoms. The third-order valence-corrected chi connectivity index (χ3v) is 12.8. The van der Waals surface area contributed by atoms with Gasteiger partial charge in [-0.3, -0.25) is 14.4 Å². The molecule has 1 aromatic rings. The summed E-state index contributed by atoms with van der Waals surface area (Å²) >= 11 is 0. The lowest BCUT2D eigenvalue weighted by Crippen LogP contribution is -2.60. The molecule has 2 amide bonds. The normalized spacial score (nSPS) is 24.5. The first-order valence-corrected chi connectivity index (χ1v) is 20.1. The summed E-state index contributed by atoms with van der Waals surface area (Å²) in [6.45, 7) is 7.36. The first-order valence-electron chi connectivity index (χ1n) is 20.1. The molecular weight excluding hydrogens is 668 g/mol. The molecule has 0 bridgehead atoms. The monoisotopic (exact) mass is 728 g/mol. The highest BCUT2D eigenvalue weighted by molar-refractivity contribution is 6.04. The maximum Gasteiger partial charge on any atom is 0.255 e. The number of likely N-dealkylation sites (tertiary alicyclic amines) is 2. The molecule has 4 fully saturated rings. The predicted octanol–water partition coefficient (Wildman–Crippen LogP) is 4.23. The van der Waals surface area contributed by atoms with E-state index in [0.717, 1.165) is 83.3 Å². The smallest absolute Gasteiger partial charge is 0.255 e. The highest BCUT2D eigenvalue weighted by Gasteiger charge is 2.45. The van der Waals surface area contributed by atoms with Crippen LogP contribution in [0.1, 0.15) is 97.8 Å². The van der Waals surface area contributed by atoms with E-state index in [1.165, 1.54) is 62.6 Å². The van der Waals surface area contributed by atoms with Crippen LogP contribution in [-0.4, -0.2) is 123 Å². The van der Waals surface area contributed by atoms with E-state index >= 15 is 0 Å². The van der Waals surface area contributed by atoms with Gasteiger partial charge >= 0.3 is 0 Å². The van der Waals surface area contributed by atoms with Crippen molar-refractivity contribution in [2.45, 2.75) is 95.2 Å². The summed E-state index contributed by atoms with van der Waals surface area (Å²) in [4.78, 5) is 69.7. The summed E-state index contributed by atoms with van der Waals surface area (Å²) in [5.74, 6) is -0.165. The number of hydrogen-bond donors (Lipinski definition) is 2. The van der Waals surface area contributed by atoms with Crippen molar-refractivity contribution in [3.63, 3.8) is 0 Å². The average molecular weight is 729 g/mol. The molecule has 0 radical (unpaired) electrons. The molecule has 1 spiro atoms. The van der Waals surface area contributed by atoms with E-state index in [0.29, 0.717) is 23.7 Å². The van der Waals surface area contributed by atoms with Crippen molar-refractivity contribution in [3.8, 4) is 0 Å². The molecule has 11 heteroatoms. The summed E-state index contributed by atoms with van der Waals surface area (Å²) < 4.78 is 0. The van der Waals surface area contributed by atoms with Gasteiger partial charge in [0.15, 0.2) is 6.29 Å². The van der Waals surface area contributed by atoms with Crippen molar-refractivity contribution in [3.05, 3.63) is 53.3 Å². The Morgan fingerprint density at radius 2 is 1.72 bits per heavy atom. The lowest BCUT2D eigenvalue weighted by molar-refractivity contribution is -0.125. The van der Waals surface area contributed by atoms with Crippen molar-refractivity contribution in [2.75, 3.05) is 64.8 Å². The van der Waals surface area contributed by atoms with Crippen LogP contribution in [0.15, 0.2) is 42.1 Å². The number of anilines is 1. The molecule has 3 unspecified atom stereocenters. The van der Waals surface area contributed by atoms with Crippen LogP contribution in [0.5, 0.6) is 0 Å². The lowest BCUT2D eigenvalue weighted by atomic mass is 9.71. The van der Waals surface area contributed by atoms with Crippen LogP contribution in [0.25, 0.3) is 0 Å². The molecule has 3 heterocycles. The number of aldehydes is 3. The highest BCUT2D eigenvalue weighted by Crippen LogP contribution is 2.43. The number of piperidine rings is 2. The average Bonchev–Trinajstić information content (AvgIpc) is 3.39. The second kappa shape index (κ2) is 18.0. The quantitative estimate of drug-likeness (QED) is 0.271. The molecule has 11 nitrogen and oxygen atoms in total. The second-order valence-electron chi connectivity index (χ2n) is 16.4. The summed E-state index contributed by atoms with van der Waals surface area (Å²) in [6, 6.07) is 5.39. The molecule has 6 rings (SSSR count). The topological polar surface area (TPSA) is 122 Å². The minimum absolute atomic E-state index is 0.0260. The van der Waals surface area contributed by atoms with Gasteiger partial charge in [0.2, 0.25) is 5.91 Å². The summed E-state index contributed by atoms with van der Waals surface area (Å²) in [7, 11) is 3.05. The van der Waals surface area contributed by atoms with Gasteiger partial charge in [-0.1, -0.05) is 25.3 Å². The number of amides is 2. The fourth-order valence-corrected chi connectivity index (χ4v) is 9.39. The SMILES string of the molecule is CNC(=O)C(CCC=O)N(C)C(=O)c1cc(N2CCC(CN3CCC4(CC3)CN(C3=CC(NC5CCCCC5)CC(C=O)C=C3)C4)CC2)ccc1C=O. The fourth-order valence-electron chi connectivity index (χ4n) is 9.39. The molecule has 2 N–H and O–H groups in total. The standard InChI is InChI=1S/C42H60N6O5/c1-43-40(52)39(9-6-22-49)45(2)41(53)38-25-37(13-11-33(38)28-51)47-18-14-31(15-19-47)26-46-20-16-42(17-21-46)29-48(30-42)36-12-10-32(27-50)23-35(24-36)44-34-7-4-3-5-8-34/h10-13,22,24-25,27-28,31-32,34-35,39,44H,3-9,14-21,23,26,29-30H2,1-2H3,(H,43,52). The van der Waals surface area contributed by atoms with Crippen molar-refractivity contribution in [1.29, 1.82) is 0 Å². The maximum absolute atomic E-state index is 13.6. The third-order valence-electron chi connectivity index (χ3n) is 12.8. The number of nitrogens with one attached hydrogen (secondary N) is 2. The van der Waals surface area contributed by atoms with Crippen LogP contribution in [0.4, 0.5) is 5.69 Å². The molecule has 288 valence electrons. The zero-order chi connectivity index (χ0) is 37.4. The van der Waals surface area contributed by atoms with Crippen LogP contribution < -0.4 is 15.5 Å². The Bertz CT molecular complexity index is 1510. The van der Waals surface area contributed by atoms with Gasteiger partial charge in [-0.15, -0.1) is 0 Å². The molecule has 1 aromatic carbocycles. The predicted molar refractivity (Wildman–Crippen MR) is 207 cm³/mol. The van der Waals surface area contributed by atoms with Crippen molar-refractivity contribution < 1.29 is 24.0 Å². The van der Waals surface area contributed by atoms with Gasteiger partial charge < -0.3 is 39.8 Å². The summed E-state index contributed by atoms with van der Waals surface area (Å²) in [5.41, 5.74) is 3.14. The van der Waals surface area contributed by atoms with Crippen molar-refractivity contribution >= 4 is 36.4 Å². The Balaban J connectivity index is 0.978. The number of carbonyl (C=O) groups excluding carboxylic acids is 5. The maximum atomic E-state index is 13.6. The van der Waals surface area contributed by atoms with E-state index in [1.54, 1.807) is 19.2 Å². The lowest BCUT2D eigenvalue weighted by Gasteiger charge is -2.55. The third kappa shape index (κ3) is 9.46. The number of rotatable bonds is 14. The molecule has 5 aliphatic rings. The second-order valence-corrected chi connectivity index (χ2v) is 16.4. The van der Waals surface area contributed by atoms with E-state index in [1.807, 2.05) is 6.07 Å². The van der Waals surface area contributed by atoms with E-state index in [2.05, 4.69) is 43.6 Å². The van der Waals surface area contributed by atoms with Crippen LogP contribution >= 0.6 is 0 Å². The number of allylic oxidation sites excluding steroid dienone is 2. The number of nitrogens with zero attached hydrogens (tertiary/aromatic N) is 4. The van der Waals surface area contributed by atoms with E-state index in [4.69, 9.17) is 0 Å². The molecule has 3 saturated heterocycles. The van der Waals surface area contributed by atoms with E-state index < -0.39 is 11.9 Å². The van der Waals surface area contributed by atoms with E-state index in [-0.39, 0.29) is 41.8 Å².